The summed E-state index contributed by atoms with van der Waals surface area (Å²) in [4.78, 5) is 11.0. The van der Waals surface area contributed by atoms with Crippen LogP contribution in [0.1, 0.15) is 46.5 Å². The molecule has 132 valence electrons. The van der Waals surface area contributed by atoms with E-state index in [0.29, 0.717) is 6.42 Å². The van der Waals surface area contributed by atoms with E-state index in [-0.39, 0.29) is 18.2 Å². The summed E-state index contributed by atoms with van der Waals surface area (Å²) in [5.41, 5.74) is 1.80. The second kappa shape index (κ2) is 6.98. The Bertz CT molecular complexity index is 847. The first-order valence-electron chi connectivity index (χ1n) is 8.27. The lowest BCUT2D eigenvalue weighted by Gasteiger charge is -2.37. The maximum absolute atomic E-state index is 13.1. The molecule has 1 heterocycles. The van der Waals surface area contributed by atoms with Gasteiger partial charge in [-0.15, -0.1) is 0 Å². The second-order valence-electron chi connectivity index (χ2n) is 6.42. The van der Waals surface area contributed by atoms with Crippen molar-refractivity contribution in [3.8, 4) is 0 Å². The van der Waals surface area contributed by atoms with Gasteiger partial charge in [-0.3, -0.25) is 0 Å². The number of nitrogens with zero attached hydrogens (tertiary/aromatic N) is 1. The zero-order chi connectivity index (χ0) is 18.0. The van der Waals surface area contributed by atoms with Crippen LogP contribution in [-0.4, -0.2) is 29.8 Å². The van der Waals surface area contributed by atoms with E-state index in [4.69, 9.17) is 5.11 Å². The van der Waals surface area contributed by atoms with Gasteiger partial charge >= 0.3 is 5.97 Å². The molecule has 3 rings (SSSR count). The van der Waals surface area contributed by atoms with Crippen LogP contribution in [-0.2, 0) is 16.6 Å². The third kappa shape index (κ3) is 3.60. The van der Waals surface area contributed by atoms with Crippen LogP contribution >= 0.6 is 0 Å². The van der Waals surface area contributed by atoms with Gasteiger partial charge in [0.2, 0.25) is 10.0 Å². The molecule has 0 unspecified atom stereocenters. The van der Waals surface area contributed by atoms with E-state index in [1.165, 1.54) is 12.1 Å². The molecule has 0 bridgehead atoms. The molecule has 0 saturated carbocycles. The number of benzene rings is 2. The SMILES string of the molecule is C[C@H]1CC[C@H](c2ccccc2)S(=O)(=O)N1Cc1ccc(C(=O)O)cc1. The predicted octanol–water partition coefficient (Wildman–Crippen LogP) is 3.44. The van der Waals surface area contributed by atoms with Crippen molar-refractivity contribution in [1.29, 1.82) is 0 Å². The third-order valence-corrected chi connectivity index (χ3v) is 7.11. The molecule has 0 spiro atoms. The molecule has 1 N–H and O–H groups in total. The molecule has 2 aromatic rings. The largest absolute Gasteiger partial charge is 0.478 e. The Hall–Kier alpha value is -2.18. The fourth-order valence-corrected chi connectivity index (χ4v) is 5.48. The summed E-state index contributed by atoms with van der Waals surface area (Å²) in [6.07, 6.45) is 1.41. The Morgan fingerprint density at radius 3 is 2.32 bits per heavy atom. The van der Waals surface area contributed by atoms with Gasteiger partial charge in [0.1, 0.15) is 5.25 Å². The highest BCUT2D eigenvalue weighted by molar-refractivity contribution is 7.89. The fraction of sp³-hybridized carbons (Fsp3) is 0.316. The first-order chi connectivity index (χ1) is 11.9. The molecule has 0 aromatic heterocycles. The van der Waals surface area contributed by atoms with Crippen molar-refractivity contribution in [3.05, 3.63) is 71.3 Å². The van der Waals surface area contributed by atoms with Crippen molar-refractivity contribution in [2.24, 2.45) is 0 Å². The van der Waals surface area contributed by atoms with Gasteiger partial charge in [-0.1, -0.05) is 42.5 Å². The Morgan fingerprint density at radius 2 is 1.72 bits per heavy atom. The van der Waals surface area contributed by atoms with Gasteiger partial charge in [0.05, 0.1) is 5.56 Å². The van der Waals surface area contributed by atoms with E-state index in [1.54, 1.807) is 16.4 Å². The highest BCUT2D eigenvalue weighted by Gasteiger charge is 2.40. The van der Waals surface area contributed by atoms with Gasteiger partial charge < -0.3 is 5.11 Å². The number of carboxylic acid groups (broad SMARTS) is 1. The zero-order valence-electron chi connectivity index (χ0n) is 14.0. The summed E-state index contributed by atoms with van der Waals surface area (Å²) in [5, 5.41) is 8.45. The minimum absolute atomic E-state index is 0.0795. The molecule has 5 nitrogen and oxygen atoms in total. The molecule has 0 amide bonds. The van der Waals surface area contributed by atoms with Crippen LogP contribution in [0, 0.1) is 0 Å². The quantitative estimate of drug-likeness (QED) is 0.907. The molecule has 6 heteroatoms. The third-order valence-electron chi connectivity index (χ3n) is 4.74. The molecule has 2 aromatic carbocycles. The second-order valence-corrected chi connectivity index (χ2v) is 8.49. The maximum Gasteiger partial charge on any atom is 0.335 e. The molecule has 2 atom stereocenters. The summed E-state index contributed by atoms with van der Waals surface area (Å²) in [6, 6.07) is 15.6. The molecule has 1 aliphatic heterocycles. The van der Waals surface area contributed by atoms with E-state index >= 15 is 0 Å². The number of hydrogen-bond donors (Lipinski definition) is 1. The Kier molecular flexibility index (Phi) is 4.92. The molecule has 1 fully saturated rings. The van der Waals surface area contributed by atoms with E-state index in [9.17, 15) is 13.2 Å². The maximum atomic E-state index is 13.1. The summed E-state index contributed by atoms with van der Waals surface area (Å²) in [6.45, 7) is 2.18. The van der Waals surface area contributed by atoms with Gasteiger partial charge in [-0.25, -0.2) is 13.2 Å². The molecular weight excluding hydrogens is 338 g/mol. The normalized spacial score (nSPS) is 23.2. The van der Waals surface area contributed by atoms with Gasteiger partial charge in [0, 0.05) is 12.6 Å². The topological polar surface area (TPSA) is 74.7 Å². The van der Waals surface area contributed by atoms with E-state index in [2.05, 4.69) is 0 Å². The van der Waals surface area contributed by atoms with E-state index in [1.807, 2.05) is 37.3 Å². The Balaban J connectivity index is 1.87. The lowest BCUT2D eigenvalue weighted by atomic mass is 10.0. The van der Waals surface area contributed by atoms with Crippen LogP contribution in [0.15, 0.2) is 54.6 Å². The van der Waals surface area contributed by atoms with Crippen molar-refractivity contribution in [2.75, 3.05) is 0 Å². The number of carbonyl (C=O) groups is 1. The van der Waals surface area contributed by atoms with Crippen LogP contribution in [0.3, 0.4) is 0 Å². The molecular formula is C19H21NO4S. The van der Waals surface area contributed by atoms with Crippen LogP contribution in [0.25, 0.3) is 0 Å². The van der Waals surface area contributed by atoms with Crippen LogP contribution in [0.5, 0.6) is 0 Å². The summed E-state index contributed by atoms with van der Waals surface area (Å²) in [5.74, 6) is -0.991. The average molecular weight is 359 g/mol. The molecule has 0 aliphatic carbocycles. The number of rotatable bonds is 4. The molecule has 0 radical (unpaired) electrons. The molecule has 25 heavy (non-hydrogen) atoms. The number of sulfonamides is 1. The predicted molar refractivity (Wildman–Crippen MR) is 95.7 cm³/mol. The first-order valence-corrected chi connectivity index (χ1v) is 9.78. The van der Waals surface area contributed by atoms with Gasteiger partial charge in [-0.05, 0) is 43.0 Å². The van der Waals surface area contributed by atoms with Crippen LogP contribution < -0.4 is 0 Å². The Labute approximate surface area is 148 Å². The lowest BCUT2D eigenvalue weighted by Crippen LogP contribution is -2.44. The van der Waals surface area contributed by atoms with Crippen LogP contribution in [0.2, 0.25) is 0 Å². The number of aromatic carboxylic acids is 1. The standard InChI is InChI=1S/C19H21NO4S/c1-14-7-12-18(16-5-3-2-4-6-16)25(23,24)20(14)13-15-8-10-17(11-9-15)19(21)22/h2-6,8-11,14,18H,7,12-13H2,1H3,(H,21,22)/t14-,18+/m0/s1. The Morgan fingerprint density at radius 1 is 1.08 bits per heavy atom. The van der Waals surface area contributed by atoms with E-state index < -0.39 is 21.2 Å². The minimum Gasteiger partial charge on any atom is -0.478 e. The molecule has 1 aliphatic rings. The van der Waals surface area contributed by atoms with E-state index in [0.717, 1.165) is 17.5 Å². The highest BCUT2D eigenvalue weighted by Crippen LogP contribution is 2.37. The zero-order valence-corrected chi connectivity index (χ0v) is 14.8. The van der Waals surface area contributed by atoms with Crippen molar-refractivity contribution >= 4 is 16.0 Å². The van der Waals surface area contributed by atoms with Crippen molar-refractivity contribution in [1.82, 2.24) is 4.31 Å². The van der Waals surface area contributed by atoms with Crippen LogP contribution in [0.4, 0.5) is 0 Å². The fourth-order valence-electron chi connectivity index (χ4n) is 3.28. The van der Waals surface area contributed by atoms with Gasteiger partial charge in [-0.2, -0.15) is 4.31 Å². The summed E-state index contributed by atoms with van der Waals surface area (Å²) >= 11 is 0. The summed E-state index contributed by atoms with van der Waals surface area (Å²) in [7, 11) is -3.47. The monoisotopic (exact) mass is 359 g/mol. The minimum atomic E-state index is -3.47. The number of hydrogen-bond acceptors (Lipinski definition) is 3. The van der Waals surface area contributed by atoms with Gasteiger partial charge in [0.15, 0.2) is 0 Å². The molecule has 1 saturated heterocycles. The average Bonchev–Trinajstić information content (AvgIpc) is 2.59. The lowest BCUT2D eigenvalue weighted by molar-refractivity contribution is 0.0697. The summed E-state index contributed by atoms with van der Waals surface area (Å²) < 4.78 is 27.8. The number of carboxylic acids is 1. The smallest absolute Gasteiger partial charge is 0.335 e. The van der Waals surface area contributed by atoms with Crippen molar-refractivity contribution in [3.63, 3.8) is 0 Å². The first kappa shape index (κ1) is 17.6. The van der Waals surface area contributed by atoms with Crippen molar-refractivity contribution < 1.29 is 18.3 Å². The van der Waals surface area contributed by atoms with Crippen molar-refractivity contribution in [2.45, 2.75) is 37.6 Å². The van der Waals surface area contributed by atoms with Gasteiger partial charge in [0.25, 0.3) is 0 Å². The highest BCUT2D eigenvalue weighted by atomic mass is 32.2.